The molecular formula is C22H29N3O2S. The van der Waals surface area contributed by atoms with Crippen LogP contribution in [0.3, 0.4) is 0 Å². The maximum Gasteiger partial charge on any atom is 0.0989 e. The molecule has 150 valence electrons. The molecule has 4 rings (SSSR count). The van der Waals surface area contributed by atoms with Crippen LogP contribution < -0.4 is 10.2 Å². The van der Waals surface area contributed by atoms with Crippen molar-refractivity contribution in [2.24, 2.45) is 0 Å². The lowest BCUT2D eigenvalue weighted by molar-refractivity contribution is -0.00456. The van der Waals surface area contributed by atoms with Crippen molar-refractivity contribution in [2.75, 3.05) is 32.3 Å². The fourth-order valence-electron chi connectivity index (χ4n) is 4.10. The molecule has 1 N–H and O–H groups in total. The smallest absolute Gasteiger partial charge is 0.0989 e. The maximum atomic E-state index is 5.89. The molecule has 0 saturated heterocycles. The second-order valence-electron chi connectivity index (χ2n) is 7.56. The second-order valence-corrected chi connectivity index (χ2v) is 8.44. The Morgan fingerprint density at radius 1 is 1.21 bits per heavy atom. The Hall–Kier alpha value is -1.73. The Bertz CT molecular complexity index is 785. The van der Waals surface area contributed by atoms with Crippen LogP contribution in [0.2, 0.25) is 0 Å². The minimum Gasteiger partial charge on any atom is -0.382 e. The quantitative estimate of drug-likeness (QED) is 0.709. The van der Waals surface area contributed by atoms with E-state index in [1.165, 1.54) is 21.7 Å². The van der Waals surface area contributed by atoms with Crippen LogP contribution >= 0.6 is 11.3 Å². The van der Waals surface area contributed by atoms with E-state index in [-0.39, 0.29) is 6.17 Å². The van der Waals surface area contributed by atoms with Crippen molar-refractivity contribution in [1.29, 1.82) is 0 Å². The molecule has 1 atom stereocenters. The van der Waals surface area contributed by atoms with Crippen molar-refractivity contribution in [2.45, 2.75) is 44.0 Å². The summed E-state index contributed by atoms with van der Waals surface area (Å²) >= 11 is 1.68. The molecule has 6 heteroatoms. The first kappa shape index (κ1) is 19.6. The van der Waals surface area contributed by atoms with Crippen molar-refractivity contribution >= 4 is 23.1 Å². The van der Waals surface area contributed by atoms with Gasteiger partial charge in [-0.3, -0.25) is 10.3 Å². The SMILES string of the molecule is COCCOC1CCC(NC2C=Cc3cc(-c4cncs4)ccc3N2C)CC1. The van der Waals surface area contributed by atoms with E-state index < -0.39 is 0 Å². The molecule has 1 aromatic heterocycles. The highest BCUT2D eigenvalue weighted by atomic mass is 32.1. The summed E-state index contributed by atoms with van der Waals surface area (Å²) in [5.41, 5.74) is 5.65. The number of fused-ring (bicyclic) bond motifs is 1. The molecule has 0 bridgehead atoms. The number of nitrogens with zero attached hydrogens (tertiary/aromatic N) is 2. The summed E-state index contributed by atoms with van der Waals surface area (Å²) in [4.78, 5) is 7.75. The van der Waals surface area contributed by atoms with E-state index in [2.05, 4.69) is 52.6 Å². The van der Waals surface area contributed by atoms with Crippen molar-refractivity contribution in [3.63, 3.8) is 0 Å². The maximum absolute atomic E-state index is 5.89. The van der Waals surface area contributed by atoms with Crippen LogP contribution in [0.25, 0.3) is 16.5 Å². The molecule has 1 unspecified atom stereocenters. The summed E-state index contributed by atoms with van der Waals surface area (Å²) in [6, 6.07) is 7.22. The predicted octanol–water partition coefficient (Wildman–Crippen LogP) is 4.16. The summed E-state index contributed by atoms with van der Waals surface area (Å²) in [5, 5.41) is 3.83. The summed E-state index contributed by atoms with van der Waals surface area (Å²) in [7, 11) is 3.89. The fourth-order valence-corrected chi connectivity index (χ4v) is 4.72. The third kappa shape index (κ3) is 4.46. The van der Waals surface area contributed by atoms with Gasteiger partial charge in [0.15, 0.2) is 0 Å². The standard InChI is InChI=1S/C22H29N3O2S/c1-25-20-9-3-17(21-14-23-15-28-21)13-16(20)4-10-22(25)24-18-5-7-19(8-6-18)27-12-11-26-2/h3-4,9-10,13-15,18-19,22,24H,5-8,11-12H2,1-2H3. The van der Waals surface area contributed by atoms with Gasteiger partial charge in [0, 0.05) is 32.1 Å². The molecule has 1 saturated carbocycles. The number of hydrogen-bond acceptors (Lipinski definition) is 6. The van der Waals surface area contributed by atoms with Gasteiger partial charge in [-0.05, 0) is 55.0 Å². The highest BCUT2D eigenvalue weighted by Crippen LogP contribution is 2.33. The molecule has 0 spiro atoms. The normalized spacial score (nSPS) is 24.4. The molecule has 1 aromatic carbocycles. The van der Waals surface area contributed by atoms with E-state index in [0.717, 1.165) is 25.7 Å². The summed E-state index contributed by atoms with van der Waals surface area (Å²) in [5.74, 6) is 0. The topological polar surface area (TPSA) is 46.6 Å². The summed E-state index contributed by atoms with van der Waals surface area (Å²) in [6.07, 6.45) is 11.6. The highest BCUT2D eigenvalue weighted by molar-refractivity contribution is 7.13. The van der Waals surface area contributed by atoms with Gasteiger partial charge in [0.1, 0.15) is 0 Å². The molecule has 28 heavy (non-hydrogen) atoms. The number of aromatic nitrogens is 1. The fraction of sp³-hybridized carbons (Fsp3) is 0.500. The van der Waals surface area contributed by atoms with Gasteiger partial charge in [-0.25, -0.2) is 0 Å². The third-order valence-corrected chi connectivity index (χ3v) is 6.54. The highest BCUT2D eigenvalue weighted by Gasteiger charge is 2.26. The third-order valence-electron chi connectivity index (χ3n) is 5.72. The predicted molar refractivity (Wildman–Crippen MR) is 116 cm³/mol. The molecule has 1 aliphatic heterocycles. The Labute approximate surface area is 171 Å². The number of hydrogen-bond donors (Lipinski definition) is 1. The van der Waals surface area contributed by atoms with Crippen LogP contribution in [-0.4, -0.2) is 50.7 Å². The molecule has 0 radical (unpaired) electrons. The Kier molecular flexibility index (Phi) is 6.42. The number of anilines is 1. The van der Waals surface area contributed by atoms with Crippen LogP contribution in [-0.2, 0) is 9.47 Å². The molecule has 1 fully saturated rings. The van der Waals surface area contributed by atoms with E-state index in [1.54, 1.807) is 18.4 Å². The Balaban J connectivity index is 1.34. The number of rotatable bonds is 7. The minimum absolute atomic E-state index is 0.234. The molecule has 5 nitrogen and oxygen atoms in total. The van der Waals surface area contributed by atoms with Crippen LogP contribution in [0.15, 0.2) is 36.0 Å². The summed E-state index contributed by atoms with van der Waals surface area (Å²) < 4.78 is 11.0. The number of methoxy groups -OCH3 is 1. The van der Waals surface area contributed by atoms with Crippen molar-refractivity contribution < 1.29 is 9.47 Å². The van der Waals surface area contributed by atoms with Gasteiger partial charge >= 0.3 is 0 Å². The lowest BCUT2D eigenvalue weighted by atomic mass is 9.92. The number of thiazole rings is 1. The van der Waals surface area contributed by atoms with Crippen molar-refractivity contribution in [3.05, 3.63) is 41.5 Å². The van der Waals surface area contributed by atoms with E-state index in [0.29, 0.717) is 25.4 Å². The van der Waals surface area contributed by atoms with Crippen LogP contribution in [0.4, 0.5) is 5.69 Å². The first-order chi connectivity index (χ1) is 13.7. The van der Waals surface area contributed by atoms with Crippen LogP contribution in [0, 0.1) is 0 Å². The van der Waals surface area contributed by atoms with Gasteiger partial charge in [0.05, 0.1) is 35.9 Å². The zero-order valence-corrected chi connectivity index (χ0v) is 17.5. The largest absolute Gasteiger partial charge is 0.382 e. The van der Waals surface area contributed by atoms with Crippen LogP contribution in [0.5, 0.6) is 0 Å². The van der Waals surface area contributed by atoms with E-state index in [4.69, 9.17) is 9.47 Å². The first-order valence-electron chi connectivity index (χ1n) is 10.0. The number of ether oxygens (including phenoxy) is 2. The van der Waals surface area contributed by atoms with Crippen molar-refractivity contribution in [1.82, 2.24) is 10.3 Å². The molecule has 2 aliphatic rings. The lowest BCUT2D eigenvalue weighted by Gasteiger charge is -2.38. The molecule has 0 amide bonds. The van der Waals surface area contributed by atoms with E-state index in [1.807, 2.05) is 11.7 Å². The number of likely N-dealkylation sites (N-methyl/N-ethyl adjacent to an activating group) is 1. The first-order valence-corrected chi connectivity index (χ1v) is 10.9. The molecule has 2 aromatic rings. The zero-order chi connectivity index (χ0) is 19.3. The molecular weight excluding hydrogens is 370 g/mol. The number of benzene rings is 1. The van der Waals surface area contributed by atoms with Crippen LogP contribution in [0.1, 0.15) is 31.2 Å². The molecule has 1 aliphatic carbocycles. The average molecular weight is 400 g/mol. The van der Waals surface area contributed by atoms with Gasteiger partial charge < -0.3 is 14.4 Å². The lowest BCUT2D eigenvalue weighted by Crippen LogP contribution is -2.49. The minimum atomic E-state index is 0.234. The van der Waals surface area contributed by atoms with Gasteiger partial charge in [-0.1, -0.05) is 12.1 Å². The van der Waals surface area contributed by atoms with Crippen molar-refractivity contribution in [3.8, 4) is 10.4 Å². The van der Waals surface area contributed by atoms with Gasteiger partial charge in [-0.15, -0.1) is 11.3 Å². The van der Waals surface area contributed by atoms with Gasteiger partial charge in [0.25, 0.3) is 0 Å². The Morgan fingerprint density at radius 3 is 2.82 bits per heavy atom. The van der Waals surface area contributed by atoms with E-state index in [9.17, 15) is 0 Å². The second kappa shape index (κ2) is 9.18. The monoisotopic (exact) mass is 399 g/mol. The van der Waals surface area contributed by atoms with Gasteiger partial charge in [-0.2, -0.15) is 0 Å². The average Bonchev–Trinajstić information content (AvgIpc) is 3.26. The van der Waals surface area contributed by atoms with E-state index >= 15 is 0 Å². The Morgan fingerprint density at radius 2 is 2.07 bits per heavy atom. The molecule has 2 heterocycles. The van der Waals surface area contributed by atoms with Gasteiger partial charge in [0.2, 0.25) is 0 Å². The summed E-state index contributed by atoms with van der Waals surface area (Å²) in [6.45, 7) is 1.38. The number of nitrogens with one attached hydrogen (secondary N) is 1. The zero-order valence-electron chi connectivity index (χ0n) is 16.6.